The molecular formula is C12H17N5O4S2. The summed E-state index contributed by atoms with van der Waals surface area (Å²) < 4.78 is 29.0. The van der Waals surface area contributed by atoms with Crippen LogP contribution in [0.15, 0.2) is 22.0 Å². The van der Waals surface area contributed by atoms with Crippen molar-refractivity contribution in [3.8, 4) is 0 Å². The molecule has 2 rings (SSSR count). The molecule has 0 saturated heterocycles. The highest BCUT2D eigenvalue weighted by atomic mass is 32.2. The summed E-state index contributed by atoms with van der Waals surface area (Å²) in [5.74, 6) is 0.864. The van der Waals surface area contributed by atoms with Crippen molar-refractivity contribution < 1.29 is 17.7 Å². The van der Waals surface area contributed by atoms with E-state index in [1.165, 1.54) is 0 Å². The van der Waals surface area contributed by atoms with Gasteiger partial charge in [-0.05, 0) is 11.4 Å². The van der Waals surface area contributed by atoms with E-state index < -0.39 is 16.1 Å². The van der Waals surface area contributed by atoms with Crippen molar-refractivity contribution in [3.63, 3.8) is 0 Å². The Hall–Kier alpha value is -1.98. The summed E-state index contributed by atoms with van der Waals surface area (Å²) in [7, 11) is -3.25. The van der Waals surface area contributed by atoms with Crippen molar-refractivity contribution in [2.75, 3.05) is 19.3 Å². The number of nitrogens with zero attached hydrogens (tertiary/aromatic N) is 2. The van der Waals surface area contributed by atoms with Gasteiger partial charge in [0.15, 0.2) is 5.82 Å². The Kier molecular flexibility index (Phi) is 6.07. The van der Waals surface area contributed by atoms with Gasteiger partial charge in [0.05, 0.1) is 12.8 Å². The lowest BCUT2D eigenvalue weighted by atomic mass is 10.3. The monoisotopic (exact) mass is 359 g/mol. The number of aromatic nitrogens is 2. The molecule has 11 heteroatoms. The lowest BCUT2D eigenvalue weighted by molar-refractivity contribution is 0.238. The normalized spacial score (nSPS) is 11.3. The van der Waals surface area contributed by atoms with E-state index in [0.29, 0.717) is 18.1 Å². The molecule has 0 saturated carbocycles. The predicted molar refractivity (Wildman–Crippen MR) is 84.5 cm³/mol. The van der Waals surface area contributed by atoms with Crippen LogP contribution >= 0.6 is 11.3 Å². The lowest BCUT2D eigenvalue weighted by Gasteiger charge is -2.05. The summed E-state index contributed by atoms with van der Waals surface area (Å²) in [4.78, 5) is 16.8. The maximum Gasteiger partial charge on any atom is 0.315 e. The molecule has 0 aromatic carbocycles. The van der Waals surface area contributed by atoms with Crippen LogP contribution in [0.4, 0.5) is 4.79 Å². The van der Waals surface area contributed by atoms with Crippen molar-refractivity contribution in [2.24, 2.45) is 0 Å². The van der Waals surface area contributed by atoms with E-state index in [4.69, 9.17) is 4.52 Å². The van der Waals surface area contributed by atoms with E-state index >= 15 is 0 Å². The molecule has 0 aliphatic rings. The molecule has 0 bridgehead atoms. The maximum atomic E-state index is 11.5. The van der Waals surface area contributed by atoms with Crippen molar-refractivity contribution in [1.29, 1.82) is 0 Å². The van der Waals surface area contributed by atoms with Crippen LogP contribution in [0.5, 0.6) is 0 Å². The minimum atomic E-state index is -3.25. The van der Waals surface area contributed by atoms with Crippen LogP contribution in [0.2, 0.25) is 0 Å². The Morgan fingerprint density at radius 1 is 1.35 bits per heavy atom. The highest BCUT2D eigenvalue weighted by Gasteiger charge is 2.09. The molecule has 0 aliphatic heterocycles. The molecule has 0 unspecified atom stereocenters. The van der Waals surface area contributed by atoms with Crippen LogP contribution in [0.25, 0.3) is 0 Å². The van der Waals surface area contributed by atoms with E-state index in [1.54, 1.807) is 11.3 Å². The number of carbonyl (C=O) groups excluding carboxylic acids is 1. The first kappa shape index (κ1) is 17.4. The first-order chi connectivity index (χ1) is 10.9. The fourth-order valence-corrected chi connectivity index (χ4v) is 2.81. The van der Waals surface area contributed by atoms with Crippen LogP contribution in [0, 0.1) is 0 Å². The average Bonchev–Trinajstić information content (AvgIpc) is 3.13. The molecule has 2 aromatic heterocycles. The van der Waals surface area contributed by atoms with Crippen LogP contribution in [0.1, 0.15) is 16.6 Å². The number of hydrogen-bond acceptors (Lipinski definition) is 7. The van der Waals surface area contributed by atoms with Gasteiger partial charge in [0.1, 0.15) is 0 Å². The lowest BCUT2D eigenvalue weighted by Crippen LogP contribution is -2.39. The number of carbonyl (C=O) groups is 1. The van der Waals surface area contributed by atoms with Crippen LogP contribution < -0.4 is 15.4 Å². The number of amides is 2. The number of hydrogen-bond donors (Lipinski definition) is 3. The third kappa shape index (κ3) is 6.76. The highest BCUT2D eigenvalue weighted by Crippen LogP contribution is 2.12. The molecule has 126 valence electrons. The van der Waals surface area contributed by atoms with Crippen LogP contribution in [-0.2, 0) is 23.0 Å². The third-order valence-electron chi connectivity index (χ3n) is 2.60. The van der Waals surface area contributed by atoms with E-state index in [1.807, 2.05) is 17.5 Å². The molecule has 0 radical (unpaired) electrons. The van der Waals surface area contributed by atoms with E-state index in [0.717, 1.165) is 11.1 Å². The Balaban J connectivity index is 1.67. The topological polar surface area (TPSA) is 126 Å². The maximum absolute atomic E-state index is 11.5. The zero-order chi connectivity index (χ0) is 16.7. The van der Waals surface area contributed by atoms with Gasteiger partial charge in [0.2, 0.25) is 15.9 Å². The molecule has 9 nitrogen and oxygen atoms in total. The van der Waals surface area contributed by atoms with Crippen molar-refractivity contribution in [2.45, 2.75) is 13.0 Å². The third-order valence-corrected chi connectivity index (χ3v) is 4.20. The summed E-state index contributed by atoms with van der Waals surface area (Å²) in [6.45, 7) is 0.396. The van der Waals surface area contributed by atoms with Crippen molar-refractivity contribution >= 4 is 27.4 Å². The van der Waals surface area contributed by atoms with Gasteiger partial charge in [-0.3, -0.25) is 0 Å². The Bertz CT molecular complexity index is 726. The Labute approximate surface area is 137 Å². The van der Waals surface area contributed by atoms with Crippen LogP contribution in [0.3, 0.4) is 0 Å². The highest BCUT2D eigenvalue weighted by molar-refractivity contribution is 7.88. The quantitative estimate of drug-likeness (QED) is 0.573. The smallest absolute Gasteiger partial charge is 0.315 e. The molecule has 0 aliphatic carbocycles. The van der Waals surface area contributed by atoms with E-state index in [2.05, 4.69) is 25.5 Å². The van der Waals surface area contributed by atoms with Crippen LogP contribution in [-0.4, -0.2) is 43.9 Å². The minimum Gasteiger partial charge on any atom is -0.337 e. The predicted octanol–water partition coefficient (Wildman–Crippen LogP) is 0.0703. The number of nitrogens with one attached hydrogen (secondary N) is 3. The molecule has 2 amide bonds. The fourth-order valence-electron chi connectivity index (χ4n) is 1.63. The first-order valence-electron chi connectivity index (χ1n) is 6.72. The van der Waals surface area contributed by atoms with Gasteiger partial charge < -0.3 is 15.2 Å². The zero-order valence-corrected chi connectivity index (χ0v) is 14.0. The number of sulfonamides is 1. The summed E-state index contributed by atoms with van der Waals surface area (Å²) in [6.07, 6.45) is 1.64. The SMILES string of the molecule is CS(=O)(=O)NCCNC(=O)NCc1nc(Cc2cccs2)no1. The Morgan fingerprint density at radius 3 is 2.87 bits per heavy atom. The minimum absolute atomic E-state index is 0.1000. The van der Waals surface area contributed by atoms with Gasteiger partial charge >= 0.3 is 6.03 Å². The summed E-state index contributed by atoms with van der Waals surface area (Å²) in [6, 6.07) is 3.49. The standard InChI is InChI=1S/C12H17N5O4S2/c1-23(19,20)15-5-4-13-12(18)14-8-11-16-10(17-21-11)7-9-3-2-6-22-9/h2-3,6,15H,4-5,7-8H2,1H3,(H2,13,14,18). The average molecular weight is 359 g/mol. The van der Waals surface area contributed by atoms with Gasteiger partial charge in [-0.2, -0.15) is 4.98 Å². The molecule has 0 fully saturated rings. The zero-order valence-electron chi connectivity index (χ0n) is 12.4. The molecule has 2 aromatic rings. The fraction of sp³-hybridized carbons (Fsp3) is 0.417. The second kappa shape index (κ2) is 8.04. The van der Waals surface area contributed by atoms with Gasteiger partial charge in [-0.25, -0.2) is 17.9 Å². The van der Waals surface area contributed by atoms with Crippen molar-refractivity contribution in [1.82, 2.24) is 25.5 Å². The van der Waals surface area contributed by atoms with Gasteiger partial charge in [0, 0.05) is 24.4 Å². The largest absolute Gasteiger partial charge is 0.337 e. The number of thiophene rings is 1. The van der Waals surface area contributed by atoms with Crippen molar-refractivity contribution in [3.05, 3.63) is 34.1 Å². The van der Waals surface area contributed by atoms with Gasteiger partial charge in [-0.15, -0.1) is 11.3 Å². The van der Waals surface area contributed by atoms with Gasteiger partial charge in [-0.1, -0.05) is 11.2 Å². The summed E-state index contributed by atoms with van der Waals surface area (Å²) in [5, 5.41) is 10.9. The molecule has 0 atom stereocenters. The van der Waals surface area contributed by atoms with E-state index in [-0.39, 0.29) is 19.6 Å². The van der Waals surface area contributed by atoms with Gasteiger partial charge in [0.25, 0.3) is 0 Å². The molecular weight excluding hydrogens is 342 g/mol. The second-order valence-electron chi connectivity index (χ2n) is 4.64. The summed E-state index contributed by atoms with van der Waals surface area (Å²) in [5.41, 5.74) is 0. The summed E-state index contributed by atoms with van der Waals surface area (Å²) >= 11 is 1.61. The molecule has 2 heterocycles. The second-order valence-corrected chi connectivity index (χ2v) is 7.50. The van der Waals surface area contributed by atoms with E-state index in [9.17, 15) is 13.2 Å². The molecule has 3 N–H and O–H groups in total. The Morgan fingerprint density at radius 2 is 2.17 bits per heavy atom. The number of rotatable bonds is 8. The number of urea groups is 1. The first-order valence-corrected chi connectivity index (χ1v) is 9.49. The molecule has 0 spiro atoms. The molecule has 23 heavy (non-hydrogen) atoms.